The van der Waals surface area contributed by atoms with E-state index in [1.54, 1.807) is 23.5 Å². The highest BCUT2D eigenvalue weighted by Gasteiger charge is 2.20. The third-order valence-electron chi connectivity index (χ3n) is 2.92. The molecule has 0 bridgehead atoms. The summed E-state index contributed by atoms with van der Waals surface area (Å²) in [4.78, 5) is 14.9. The van der Waals surface area contributed by atoms with E-state index in [0.29, 0.717) is 10.8 Å². The molecule has 0 radical (unpaired) electrons. The Hall–Kier alpha value is -1.61. The molecule has 0 aliphatic heterocycles. The summed E-state index contributed by atoms with van der Waals surface area (Å²) in [5, 5.41) is 13.8. The fourth-order valence-corrected chi connectivity index (χ4v) is 3.63. The number of hydrogen-bond donors (Lipinski definition) is 2. The number of aliphatic hydroxyl groups excluding tert-OH is 1. The van der Waals surface area contributed by atoms with Gasteiger partial charge < -0.3 is 10.4 Å². The minimum Gasteiger partial charge on any atom is -0.384 e. The quantitative estimate of drug-likeness (QED) is 0.850. The van der Waals surface area contributed by atoms with Crippen LogP contribution < -0.4 is 5.32 Å². The topological polar surface area (TPSA) is 49.3 Å². The van der Waals surface area contributed by atoms with E-state index in [2.05, 4.69) is 31.0 Å². The van der Waals surface area contributed by atoms with Crippen molar-refractivity contribution in [3.05, 3.63) is 44.3 Å². The Morgan fingerprint density at radius 2 is 2.19 bits per heavy atom. The Bertz CT molecular complexity index is 647. The van der Waals surface area contributed by atoms with Gasteiger partial charge in [-0.1, -0.05) is 31.8 Å². The minimum absolute atomic E-state index is 0.0200. The summed E-state index contributed by atoms with van der Waals surface area (Å²) >= 11 is 2.99. The first-order valence-corrected chi connectivity index (χ1v) is 8.35. The SMILES string of the molecule is CC(C)C(NC(=O)c1ccc(C#CCO)s1)c1cccs1. The highest BCUT2D eigenvalue weighted by Crippen LogP contribution is 2.26. The third-order valence-corrected chi connectivity index (χ3v) is 4.88. The van der Waals surface area contributed by atoms with Crippen LogP contribution in [0.5, 0.6) is 0 Å². The van der Waals surface area contributed by atoms with Crippen molar-refractivity contribution < 1.29 is 9.90 Å². The molecule has 2 rings (SSSR count). The molecule has 0 aromatic carbocycles. The van der Waals surface area contributed by atoms with Crippen LogP contribution in [0.4, 0.5) is 0 Å². The van der Waals surface area contributed by atoms with E-state index in [4.69, 9.17) is 5.11 Å². The van der Waals surface area contributed by atoms with Gasteiger partial charge in [-0.25, -0.2) is 0 Å². The Kier molecular flexibility index (Phi) is 5.57. The summed E-state index contributed by atoms with van der Waals surface area (Å²) in [6.07, 6.45) is 0. The second-order valence-corrected chi connectivity index (χ2v) is 6.90. The van der Waals surface area contributed by atoms with Gasteiger partial charge in [0.2, 0.25) is 0 Å². The van der Waals surface area contributed by atoms with E-state index in [1.807, 2.05) is 17.5 Å². The molecule has 1 amide bonds. The maximum absolute atomic E-state index is 12.3. The van der Waals surface area contributed by atoms with E-state index in [-0.39, 0.29) is 18.6 Å². The van der Waals surface area contributed by atoms with Crippen LogP contribution in [0.15, 0.2) is 29.6 Å². The van der Waals surface area contributed by atoms with Gasteiger partial charge in [0.25, 0.3) is 5.91 Å². The molecular formula is C16H17NO2S2. The lowest BCUT2D eigenvalue weighted by Gasteiger charge is -2.20. The van der Waals surface area contributed by atoms with Crippen molar-refractivity contribution in [1.29, 1.82) is 0 Å². The molecule has 0 aliphatic rings. The summed E-state index contributed by atoms with van der Waals surface area (Å²) in [5.74, 6) is 5.64. The van der Waals surface area contributed by atoms with Gasteiger partial charge in [0, 0.05) is 4.88 Å². The van der Waals surface area contributed by atoms with Crippen molar-refractivity contribution >= 4 is 28.6 Å². The maximum atomic E-state index is 12.3. The number of aliphatic hydroxyl groups is 1. The van der Waals surface area contributed by atoms with Crippen LogP contribution in [-0.4, -0.2) is 17.6 Å². The number of amides is 1. The molecule has 0 saturated heterocycles. The number of carbonyl (C=O) groups excluding carboxylic acids is 1. The second kappa shape index (κ2) is 7.41. The number of nitrogens with one attached hydrogen (secondary N) is 1. The smallest absolute Gasteiger partial charge is 0.261 e. The molecule has 21 heavy (non-hydrogen) atoms. The second-order valence-electron chi connectivity index (χ2n) is 4.83. The monoisotopic (exact) mass is 319 g/mol. The van der Waals surface area contributed by atoms with E-state index in [9.17, 15) is 4.79 Å². The molecule has 1 unspecified atom stereocenters. The van der Waals surface area contributed by atoms with Crippen molar-refractivity contribution in [1.82, 2.24) is 5.32 Å². The summed E-state index contributed by atoms with van der Waals surface area (Å²) in [6.45, 7) is 4.02. The average molecular weight is 319 g/mol. The Morgan fingerprint density at radius 1 is 1.38 bits per heavy atom. The van der Waals surface area contributed by atoms with Gasteiger partial charge in [0.1, 0.15) is 6.61 Å². The molecule has 1 atom stereocenters. The van der Waals surface area contributed by atoms with Gasteiger partial charge in [-0.15, -0.1) is 22.7 Å². The van der Waals surface area contributed by atoms with Crippen LogP contribution in [-0.2, 0) is 0 Å². The standard InChI is InChI=1S/C16H17NO2S2/c1-11(2)15(13-6-4-10-20-13)17-16(19)14-8-7-12(21-14)5-3-9-18/h4,6-8,10-11,15,18H,9H2,1-2H3,(H,17,19). The predicted molar refractivity (Wildman–Crippen MR) is 87.6 cm³/mol. The number of thiophene rings is 2. The molecule has 2 aromatic rings. The zero-order valence-electron chi connectivity index (χ0n) is 11.9. The molecule has 0 spiro atoms. The van der Waals surface area contributed by atoms with Crippen LogP contribution in [0.1, 0.15) is 39.3 Å². The molecular weight excluding hydrogens is 302 g/mol. The van der Waals surface area contributed by atoms with Crippen molar-refractivity contribution in [2.45, 2.75) is 19.9 Å². The Balaban J connectivity index is 2.10. The fourth-order valence-electron chi connectivity index (χ4n) is 1.90. The summed E-state index contributed by atoms with van der Waals surface area (Å²) in [6, 6.07) is 7.63. The van der Waals surface area contributed by atoms with Gasteiger partial charge in [0.05, 0.1) is 15.8 Å². The fraction of sp³-hybridized carbons (Fsp3) is 0.312. The largest absolute Gasteiger partial charge is 0.384 e. The highest BCUT2D eigenvalue weighted by molar-refractivity contribution is 7.14. The van der Waals surface area contributed by atoms with Gasteiger partial charge in [-0.05, 0) is 29.5 Å². The first-order chi connectivity index (χ1) is 10.1. The lowest BCUT2D eigenvalue weighted by molar-refractivity contribution is 0.0930. The average Bonchev–Trinajstić information content (AvgIpc) is 3.13. The molecule has 0 fully saturated rings. The lowest BCUT2D eigenvalue weighted by atomic mass is 10.0. The van der Waals surface area contributed by atoms with Crippen molar-refractivity contribution in [3.63, 3.8) is 0 Å². The molecule has 0 aliphatic carbocycles. The molecule has 2 N–H and O–H groups in total. The van der Waals surface area contributed by atoms with Crippen LogP contribution >= 0.6 is 22.7 Å². The maximum Gasteiger partial charge on any atom is 0.261 e. The highest BCUT2D eigenvalue weighted by atomic mass is 32.1. The Labute approximate surface area is 132 Å². The summed E-state index contributed by atoms with van der Waals surface area (Å²) < 4.78 is 0. The molecule has 110 valence electrons. The number of rotatable bonds is 4. The predicted octanol–water partition coefficient (Wildman–Crippen LogP) is 3.28. The normalized spacial score (nSPS) is 11.8. The number of carbonyl (C=O) groups is 1. The number of hydrogen-bond acceptors (Lipinski definition) is 4. The van der Waals surface area contributed by atoms with E-state index < -0.39 is 0 Å². The molecule has 5 heteroatoms. The first-order valence-electron chi connectivity index (χ1n) is 6.65. The molecule has 0 saturated carbocycles. The zero-order valence-corrected chi connectivity index (χ0v) is 13.6. The summed E-state index contributed by atoms with van der Waals surface area (Å²) in [5.41, 5.74) is 0. The van der Waals surface area contributed by atoms with Gasteiger partial charge in [-0.3, -0.25) is 4.79 Å². The van der Waals surface area contributed by atoms with Gasteiger partial charge in [0.15, 0.2) is 0 Å². The molecule has 2 aromatic heterocycles. The van der Waals surface area contributed by atoms with Crippen LogP contribution in [0.3, 0.4) is 0 Å². The van der Waals surface area contributed by atoms with Crippen LogP contribution in [0.25, 0.3) is 0 Å². The molecule has 2 heterocycles. The summed E-state index contributed by atoms with van der Waals surface area (Å²) in [7, 11) is 0. The van der Waals surface area contributed by atoms with E-state index >= 15 is 0 Å². The van der Waals surface area contributed by atoms with Crippen LogP contribution in [0, 0.1) is 17.8 Å². The Morgan fingerprint density at radius 3 is 2.81 bits per heavy atom. The zero-order chi connectivity index (χ0) is 15.2. The first kappa shape index (κ1) is 15.8. The van der Waals surface area contributed by atoms with Crippen molar-refractivity contribution in [2.75, 3.05) is 6.61 Å². The van der Waals surface area contributed by atoms with E-state index in [0.717, 1.165) is 9.75 Å². The van der Waals surface area contributed by atoms with Crippen molar-refractivity contribution in [2.24, 2.45) is 5.92 Å². The lowest BCUT2D eigenvalue weighted by Crippen LogP contribution is -2.30. The van der Waals surface area contributed by atoms with Crippen LogP contribution in [0.2, 0.25) is 0 Å². The van der Waals surface area contributed by atoms with Crippen molar-refractivity contribution in [3.8, 4) is 11.8 Å². The minimum atomic E-state index is -0.173. The van der Waals surface area contributed by atoms with E-state index in [1.165, 1.54) is 11.3 Å². The molecule has 3 nitrogen and oxygen atoms in total. The van der Waals surface area contributed by atoms with Gasteiger partial charge in [-0.2, -0.15) is 0 Å². The van der Waals surface area contributed by atoms with Gasteiger partial charge >= 0.3 is 0 Å². The third kappa shape index (κ3) is 4.18.